The maximum absolute atomic E-state index is 11.9. The summed E-state index contributed by atoms with van der Waals surface area (Å²) in [4.78, 5) is 11.9. The van der Waals surface area contributed by atoms with Crippen LogP contribution in [0, 0.1) is 0 Å². The molecule has 1 aliphatic rings. The van der Waals surface area contributed by atoms with Gasteiger partial charge in [0, 0.05) is 18.3 Å². The van der Waals surface area contributed by atoms with Crippen LogP contribution in [0.2, 0.25) is 0 Å². The summed E-state index contributed by atoms with van der Waals surface area (Å²) >= 11 is 0. The van der Waals surface area contributed by atoms with Crippen LogP contribution < -0.4 is 20.1 Å². The number of rotatable bonds is 4. The van der Waals surface area contributed by atoms with Gasteiger partial charge in [-0.15, -0.1) is 0 Å². The number of urea groups is 1. The fourth-order valence-corrected chi connectivity index (χ4v) is 2.33. The van der Waals surface area contributed by atoms with Gasteiger partial charge in [0.25, 0.3) is 0 Å². The van der Waals surface area contributed by atoms with Crippen molar-refractivity contribution in [3.05, 3.63) is 18.2 Å². The molecule has 1 aromatic carbocycles. The average Bonchev–Trinajstić information content (AvgIpc) is 2.67. The molecule has 27 heavy (non-hydrogen) atoms. The molecule has 0 aromatic heterocycles. The number of ether oxygens (including phenoxy) is 5. The molecule has 0 fully saturated rings. The quantitative estimate of drug-likeness (QED) is 0.778. The predicted molar refractivity (Wildman–Crippen MR) is 102 cm³/mol. The molecule has 0 bridgehead atoms. The SMILES string of the molecule is CCCCNC(=O)Nc1ccc2c(c1)OCCOCCOCCOCCO2. The van der Waals surface area contributed by atoms with Crippen LogP contribution in [0.3, 0.4) is 0 Å². The first-order valence-electron chi connectivity index (χ1n) is 9.47. The number of hydrogen-bond donors (Lipinski definition) is 2. The Bertz CT molecular complexity index is 555. The molecule has 2 amide bonds. The van der Waals surface area contributed by atoms with Crippen LogP contribution >= 0.6 is 0 Å². The third kappa shape index (κ3) is 8.94. The smallest absolute Gasteiger partial charge is 0.319 e. The molecule has 2 N–H and O–H groups in total. The Morgan fingerprint density at radius 3 is 2.11 bits per heavy atom. The molecule has 0 unspecified atom stereocenters. The van der Waals surface area contributed by atoms with Gasteiger partial charge in [-0.1, -0.05) is 13.3 Å². The first-order valence-corrected chi connectivity index (χ1v) is 9.47. The zero-order valence-corrected chi connectivity index (χ0v) is 16.0. The van der Waals surface area contributed by atoms with Gasteiger partial charge in [0.05, 0.1) is 39.6 Å². The molecule has 0 radical (unpaired) electrons. The van der Waals surface area contributed by atoms with E-state index < -0.39 is 0 Å². The second-order valence-corrected chi connectivity index (χ2v) is 5.93. The summed E-state index contributed by atoms with van der Waals surface area (Å²) in [6, 6.07) is 5.06. The van der Waals surface area contributed by atoms with Gasteiger partial charge in [-0.25, -0.2) is 4.79 Å². The van der Waals surface area contributed by atoms with E-state index in [-0.39, 0.29) is 6.03 Å². The minimum absolute atomic E-state index is 0.238. The fraction of sp³-hybridized carbons (Fsp3) is 0.632. The zero-order chi connectivity index (χ0) is 19.2. The van der Waals surface area contributed by atoms with E-state index in [1.807, 2.05) is 0 Å². The summed E-state index contributed by atoms with van der Waals surface area (Å²) in [5, 5.41) is 5.62. The maximum atomic E-state index is 11.9. The van der Waals surface area contributed by atoms with Crippen LogP contribution in [0.1, 0.15) is 19.8 Å². The summed E-state index contributed by atoms with van der Waals surface area (Å²) < 4.78 is 27.8. The van der Waals surface area contributed by atoms with Crippen molar-refractivity contribution in [1.29, 1.82) is 0 Å². The molecular formula is C19H30N2O6. The van der Waals surface area contributed by atoms with Crippen LogP contribution in [-0.4, -0.2) is 65.4 Å². The Balaban J connectivity index is 1.95. The van der Waals surface area contributed by atoms with Crippen LogP contribution in [0.15, 0.2) is 18.2 Å². The molecular weight excluding hydrogens is 352 g/mol. The second kappa shape index (κ2) is 13.2. The highest BCUT2D eigenvalue weighted by molar-refractivity contribution is 5.89. The maximum Gasteiger partial charge on any atom is 0.319 e. The number of fused-ring (bicyclic) bond motifs is 1. The highest BCUT2D eigenvalue weighted by Crippen LogP contribution is 2.30. The lowest BCUT2D eigenvalue weighted by Gasteiger charge is -2.15. The van der Waals surface area contributed by atoms with Crippen LogP contribution in [-0.2, 0) is 14.2 Å². The molecule has 0 saturated heterocycles. The van der Waals surface area contributed by atoms with E-state index >= 15 is 0 Å². The molecule has 0 saturated carbocycles. The standard InChI is InChI=1S/C19H30N2O6/c1-2-3-6-20-19(22)21-16-4-5-17-18(15-16)27-14-12-25-10-8-23-7-9-24-11-13-26-17/h4-5,15H,2-3,6-14H2,1H3,(H2,20,21,22). The summed E-state index contributed by atoms with van der Waals surface area (Å²) in [5.41, 5.74) is 0.634. The van der Waals surface area contributed by atoms with Crippen LogP contribution in [0.4, 0.5) is 10.5 Å². The number of benzene rings is 1. The lowest BCUT2D eigenvalue weighted by Crippen LogP contribution is -2.29. The zero-order valence-electron chi connectivity index (χ0n) is 16.0. The Kier molecular flexibility index (Phi) is 10.4. The molecule has 0 spiro atoms. The number of carbonyl (C=O) groups excluding carboxylic acids is 1. The van der Waals surface area contributed by atoms with Crippen molar-refractivity contribution in [1.82, 2.24) is 5.32 Å². The summed E-state index contributed by atoms with van der Waals surface area (Å²) in [7, 11) is 0. The summed E-state index contributed by atoms with van der Waals surface area (Å²) in [5.74, 6) is 1.15. The molecule has 0 atom stereocenters. The normalized spacial score (nSPS) is 16.6. The minimum atomic E-state index is -0.238. The molecule has 2 rings (SSSR count). The topological polar surface area (TPSA) is 87.3 Å². The molecule has 0 aliphatic carbocycles. The van der Waals surface area contributed by atoms with Gasteiger partial charge in [0.15, 0.2) is 11.5 Å². The Labute approximate surface area is 160 Å². The van der Waals surface area contributed by atoms with E-state index in [1.165, 1.54) is 0 Å². The molecule has 1 heterocycles. The average molecular weight is 382 g/mol. The Hall–Kier alpha value is -2.03. The fourth-order valence-electron chi connectivity index (χ4n) is 2.33. The van der Waals surface area contributed by atoms with E-state index in [0.717, 1.165) is 12.8 Å². The number of unbranched alkanes of at least 4 members (excludes halogenated alkanes) is 1. The van der Waals surface area contributed by atoms with Crippen molar-refractivity contribution in [2.45, 2.75) is 19.8 Å². The van der Waals surface area contributed by atoms with Gasteiger partial charge < -0.3 is 34.3 Å². The summed E-state index contributed by atoms with van der Waals surface area (Å²) in [6.07, 6.45) is 1.98. The molecule has 8 nitrogen and oxygen atoms in total. The monoisotopic (exact) mass is 382 g/mol. The van der Waals surface area contributed by atoms with Crippen LogP contribution in [0.25, 0.3) is 0 Å². The minimum Gasteiger partial charge on any atom is -0.487 e. The van der Waals surface area contributed by atoms with Gasteiger partial charge in [-0.2, -0.15) is 0 Å². The number of amides is 2. The number of anilines is 1. The first-order chi connectivity index (χ1) is 13.3. The van der Waals surface area contributed by atoms with Gasteiger partial charge >= 0.3 is 6.03 Å². The van der Waals surface area contributed by atoms with E-state index in [1.54, 1.807) is 18.2 Å². The van der Waals surface area contributed by atoms with Gasteiger partial charge in [-0.05, 0) is 18.6 Å². The van der Waals surface area contributed by atoms with Gasteiger partial charge in [0.1, 0.15) is 13.2 Å². The lowest BCUT2D eigenvalue weighted by atomic mass is 10.2. The van der Waals surface area contributed by atoms with Crippen molar-refractivity contribution in [3.63, 3.8) is 0 Å². The third-order valence-electron chi connectivity index (χ3n) is 3.73. The molecule has 8 heteroatoms. The highest BCUT2D eigenvalue weighted by atomic mass is 16.6. The molecule has 1 aromatic rings. The van der Waals surface area contributed by atoms with Crippen LogP contribution in [0.5, 0.6) is 11.5 Å². The van der Waals surface area contributed by atoms with Crippen molar-refractivity contribution in [3.8, 4) is 11.5 Å². The first kappa shape index (κ1) is 21.3. The van der Waals surface area contributed by atoms with E-state index in [2.05, 4.69) is 17.6 Å². The largest absolute Gasteiger partial charge is 0.487 e. The Morgan fingerprint density at radius 1 is 0.889 bits per heavy atom. The number of hydrogen-bond acceptors (Lipinski definition) is 6. The molecule has 152 valence electrons. The lowest BCUT2D eigenvalue weighted by molar-refractivity contribution is 0.00708. The van der Waals surface area contributed by atoms with E-state index in [9.17, 15) is 4.79 Å². The number of nitrogens with one attached hydrogen (secondary N) is 2. The van der Waals surface area contributed by atoms with Gasteiger partial charge in [-0.3, -0.25) is 0 Å². The Morgan fingerprint density at radius 2 is 1.48 bits per heavy atom. The highest BCUT2D eigenvalue weighted by Gasteiger charge is 2.10. The third-order valence-corrected chi connectivity index (χ3v) is 3.73. The summed E-state index contributed by atoms with van der Waals surface area (Å²) in [6.45, 7) is 6.48. The van der Waals surface area contributed by atoms with Crippen molar-refractivity contribution < 1.29 is 28.5 Å². The number of carbonyl (C=O) groups is 1. The molecule has 1 aliphatic heterocycles. The van der Waals surface area contributed by atoms with E-state index in [0.29, 0.717) is 76.6 Å². The van der Waals surface area contributed by atoms with Crippen molar-refractivity contribution >= 4 is 11.7 Å². The van der Waals surface area contributed by atoms with Gasteiger partial charge in [0.2, 0.25) is 0 Å². The van der Waals surface area contributed by atoms with Crippen molar-refractivity contribution in [2.75, 3.05) is 64.7 Å². The van der Waals surface area contributed by atoms with Crippen molar-refractivity contribution in [2.24, 2.45) is 0 Å². The van der Waals surface area contributed by atoms with E-state index in [4.69, 9.17) is 23.7 Å². The second-order valence-electron chi connectivity index (χ2n) is 5.93. The predicted octanol–water partition coefficient (Wildman–Crippen LogP) is 2.43.